The Morgan fingerprint density at radius 1 is 0.466 bits per heavy atom. The number of aliphatic hydroxyl groups excluding tert-OH is 1. The van der Waals surface area contributed by atoms with Crippen molar-refractivity contribution in [3.05, 3.63) is 36.5 Å². The molecule has 0 radical (unpaired) electrons. The first kappa shape index (κ1) is 71.7. The van der Waals surface area contributed by atoms with Crippen molar-refractivity contribution in [2.45, 2.75) is 328 Å². The van der Waals surface area contributed by atoms with Crippen molar-refractivity contribution in [3.63, 3.8) is 0 Å². The molecule has 0 aromatic heterocycles. The summed E-state index contributed by atoms with van der Waals surface area (Å²) in [6, 6.07) is -0.844. The van der Waals surface area contributed by atoms with Crippen LogP contribution in [0.1, 0.15) is 316 Å². The van der Waals surface area contributed by atoms with Crippen LogP contribution < -0.4 is 5.32 Å². The molecule has 0 aliphatic rings. The van der Waals surface area contributed by atoms with Gasteiger partial charge in [-0.05, 0) is 51.4 Å². The molecule has 0 heterocycles. The van der Waals surface area contributed by atoms with Gasteiger partial charge in [-0.25, -0.2) is 4.57 Å². The van der Waals surface area contributed by atoms with Gasteiger partial charge in [0.25, 0.3) is 0 Å². The molecular weight excluding hydrogens is 924 g/mol. The second kappa shape index (κ2) is 55.5. The molecule has 0 bridgehead atoms. The van der Waals surface area contributed by atoms with E-state index in [1.54, 1.807) is 6.08 Å². The standard InChI is InChI=1S/C64H125N2O6P/c1-6-8-10-12-14-16-18-20-21-22-23-24-25-26-27-28-29-30-31-32-33-34-35-36-37-38-39-40-41-42-43-44-45-46-48-50-52-54-56-58-64(68)65-62(61-72-73(69,70)71-60-59-66(3,4)5)63(67)57-55-53-51-49-47-19-17-15-13-11-9-7-2/h29-30,32-33,55,57,62-63,67H,6-28,31,34-54,56,58-61H2,1-5H3,(H-,65,68,69,70)/p+1/b30-29-,33-32-,57-55+. The highest BCUT2D eigenvalue weighted by molar-refractivity contribution is 7.47. The fraction of sp³-hybridized carbons (Fsp3) is 0.891. The molecule has 0 saturated carbocycles. The number of allylic oxidation sites excluding steroid dienone is 5. The highest BCUT2D eigenvalue weighted by Crippen LogP contribution is 2.43. The van der Waals surface area contributed by atoms with E-state index in [1.807, 2.05) is 27.2 Å². The van der Waals surface area contributed by atoms with Gasteiger partial charge in [0.1, 0.15) is 13.2 Å². The minimum atomic E-state index is -4.34. The molecule has 432 valence electrons. The summed E-state index contributed by atoms with van der Waals surface area (Å²) < 4.78 is 23.7. The third-order valence-corrected chi connectivity index (χ3v) is 15.6. The third kappa shape index (κ3) is 58.2. The van der Waals surface area contributed by atoms with Gasteiger partial charge in [-0.2, -0.15) is 0 Å². The Bertz CT molecular complexity index is 1280. The lowest BCUT2D eigenvalue weighted by Gasteiger charge is -2.25. The first-order valence-corrected chi connectivity index (χ1v) is 33.4. The van der Waals surface area contributed by atoms with Crippen molar-refractivity contribution in [3.8, 4) is 0 Å². The monoisotopic (exact) mass is 1050 g/mol. The molecule has 1 amide bonds. The van der Waals surface area contributed by atoms with E-state index in [0.717, 1.165) is 44.9 Å². The zero-order chi connectivity index (χ0) is 53.5. The zero-order valence-corrected chi connectivity index (χ0v) is 50.3. The molecule has 9 heteroatoms. The fourth-order valence-corrected chi connectivity index (χ4v) is 10.3. The van der Waals surface area contributed by atoms with Crippen LogP contribution in [-0.2, 0) is 18.4 Å². The predicted molar refractivity (Wildman–Crippen MR) is 318 cm³/mol. The number of carbonyl (C=O) groups excluding carboxylic acids is 1. The van der Waals surface area contributed by atoms with E-state index in [-0.39, 0.29) is 19.1 Å². The van der Waals surface area contributed by atoms with Crippen LogP contribution in [0.2, 0.25) is 0 Å². The summed E-state index contributed by atoms with van der Waals surface area (Å²) in [5.74, 6) is -0.174. The van der Waals surface area contributed by atoms with Crippen molar-refractivity contribution < 1.29 is 32.9 Å². The highest BCUT2D eigenvalue weighted by Gasteiger charge is 2.28. The molecule has 0 spiro atoms. The van der Waals surface area contributed by atoms with E-state index in [9.17, 15) is 19.4 Å². The Labute approximate surface area is 455 Å². The van der Waals surface area contributed by atoms with Gasteiger partial charge >= 0.3 is 7.82 Å². The summed E-state index contributed by atoms with van der Waals surface area (Å²) in [6.07, 6.45) is 72.9. The summed E-state index contributed by atoms with van der Waals surface area (Å²) in [6.45, 7) is 4.84. The summed E-state index contributed by atoms with van der Waals surface area (Å²) >= 11 is 0. The molecule has 73 heavy (non-hydrogen) atoms. The minimum Gasteiger partial charge on any atom is -0.387 e. The number of carbonyl (C=O) groups is 1. The van der Waals surface area contributed by atoms with Gasteiger partial charge in [-0.1, -0.05) is 294 Å². The lowest BCUT2D eigenvalue weighted by molar-refractivity contribution is -0.870. The fourth-order valence-electron chi connectivity index (χ4n) is 9.61. The predicted octanol–water partition coefficient (Wildman–Crippen LogP) is 19.7. The summed E-state index contributed by atoms with van der Waals surface area (Å²) in [7, 11) is 1.58. The minimum absolute atomic E-state index is 0.0626. The van der Waals surface area contributed by atoms with E-state index in [4.69, 9.17) is 9.05 Å². The smallest absolute Gasteiger partial charge is 0.387 e. The van der Waals surface area contributed by atoms with Gasteiger partial charge in [-0.3, -0.25) is 13.8 Å². The number of phosphoric ester groups is 1. The molecule has 0 saturated heterocycles. The van der Waals surface area contributed by atoms with E-state index >= 15 is 0 Å². The van der Waals surface area contributed by atoms with Crippen molar-refractivity contribution >= 4 is 13.7 Å². The number of aliphatic hydroxyl groups is 1. The Morgan fingerprint density at radius 3 is 1.12 bits per heavy atom. The van der Waals surface area contributed by atoms with Crippen molar-refractivity contribution in [1.82, 2.24) is 5.32 Å². The van der Waals surface area contributed by atoms with Crippen molar-refractivity contribution in [1.29, 1.82) is 0 Å². The van der Waals surface area contributed by atoms with Crippen LogP contribution in [0.4, 0.5) is 0 Å². The SMILES string of the molecule is CCCCCCCCCCCC/C=C/C(O)C(COP(=O)(O)OCC[N+](C)(C)C)NC(=O)CCCCCCCCCCCCCCCCCCC/C=C\C/C=C\CCCCCCCCCCCCCCCCC. The van der Waals surface area contributed by atoms with E-state index in [2.05, 4.69) is 43.5 Å². The Hall–Kier alpha value is -1.28. The van der Waals surface area contributed by atoms with Crippen molar-refractivity contribution in [2.24, 2.45) is 0 Å². The number of hydrogen-bond donors (Lipinski definition) is 3. The van der Waals surface area contributed by atoms with Gasteiger partial charge < -0.3 is 19.8 Å². The molecule has 0 aromatic carbocycles. The van der Waals surface area contributed by atoms with Crippen LogP contribution in [0.15, 0.2) is 36.5 Å². The first-order chi connectivity index (χ1) is 35.5. The Morgan fingerprint density at radius 2 is 0.781 bits per heavy atom. The van der Waals surface area contributed by atoms with Crippen LogP contribution in [0, 0.1) is 0 Å². The lowest BCUT2D eigenvalue weighted by Crippen LogP contribution is -2.45. The molecule has 3 unspecified atom stereocenters. The Balaban J connectivity index is 3.87. The number of nitrogens with zero attached hydrogens (tertiary/aromatic N) is 1. The number of likely N-dealkylation sites (N-methyl/N-ethyl adjacent to an activating group) is 1. The summed E-state index contributed by atoms with van der Waals surface area (Å²) in [4.78, 5) is 23.3. The topological polar surface area (TPSA) is 105 Å². The van der Waals surface area contributed by atoms with Gasteiger partial charge in [0, 0.05) is 6.42 Å². The van der Waals surface area contributed by atoms with Gasteiger partial charge in [0.15, 0.2) is 0 Å². The van der Waals surface area contributed by atoms with Gasteiger partial charge in [0.05, 0.1) is 39.9 Å². The van der Waals surface area contributed by atoms with Crippen LogP contribution in [0.3, 0.4) is 0 Å². The molecule has 3 N–H and O–H groups in total. The number of quaternary nitrogens is 1. The van der Waals surface area contributed by atoms with E-state index in [1.165, 1.54) is 250 Å². The maximum Gasteiger partial charge on any atom is 0.472 e. The normalized spacial score (nSPS) is 14.0. The average molecular weight is 1050 g/mol. The lowest BCUT2D eigenvalue weighted by atomic mass is 10.0. The number of phosphoric acid groups is 1. The average Bonchev–Trinajstić information content (AvgIpc) is 3.35. The Kier molecular flexibility index (Phi) is 54.5. The molecule has 8 nitrogen and oxygen atoms in total. The second-order valence-electron chi connectivity index (χ2n) is 23.1. The third-order valence-electron chi connectivity index (χ3n) is 14.6. The molecule has 0 aliphatic heterocycles. The quantitative estimate of drug-likeness (QED) is 0.0243. The first-order valence-electron chi connectivity index (χ1n) is 31.9. The molecule has 0 fully saturated rings. The molecule has 0 aromatic rings. The zero-order valence-electron chi connectivity index (χ0n) is 49.4. The van der Waals surface area contributed by atoms with Gasteiger partial charge in [-0.15, -0.1) is 0 Å². The summed E-state index contributed by atoms with van der Waals surface area (Å²) in [5.41, 5.74) is 0. The number of rotatable bonds is 59. The van der Waals surface area contributed by atoms with E-state index in [0.29, 0.717) is 17.4 Å². The number of hydrogen-bond acceptors (Lipinski definition) is 5. The molecule has 0 rings (SSSR count). The maximum absolute atomic E-state index is 13.0. The van der Waals surface area contributed by atoms with Crippen molar-refractivity contribution in [2.75, 3.05) is 40.9 Å². The number of unbranched alkanes of at least 4 members (excludes halogenated alkanes) is 42. The van der Waals surface area contributed by atoms with Gasteiger partial charge in [0.2, 0.25) is 5.91 Å². The van der Waals surface area contributed by atoms with Crippen LogP contribution in [0.5, 0.6) is 0 Å². The molecular formula is C64H126N2O6P+. The number of amides is 1. The summed E-state index contributed by atoms with van der Waals surface area (Å²) in [5, 5.41) is 13.9. The number of nitrogens with one attached hydrogen (secondary N) is 1. The maximum atomic E-state index is 13.0. The molecule has 0 aliphatic carbocycles. The second-order valence-corrected chi connectivity index (χ2v) is 24.6. The highest BCUT2D eigenvalue weighted by atomic mass is 31.2. The van der Waals surface area contributed by atoms with Crippen LogP contribution >= 0.6 is 7.82 Å². The van der Waals surface area contributed by atoms with Crippen LogP contribution in [0.25, 0.3) is 0 Å². The van der Waals surface area contributed by atoms with E-state index < -0.39 is 20.0 Å². The molecule has 3 atom stereocenters. The van der Waals surface area contributed by atoms with Crippen LogP contribution in [-0.4, -0.2) is 73.4 Å². The largest absolute Gasteiger partial charge is 0.472 e.